The summed E-state index contributed by atoms with van der Waals surface area (Å²) in [6.45, 7) is 10.7. The van der Waals surface area contributed by atoms with Crippen LogP contribution in [0.1, 0.15) is 50.4 Å². The number of carbonyl (C=O) groups is 1. The van der Waals surface area contributed by atoms with Crippen LogP contribution in [0.25, 0.3) is 0 Å². The lowest BCUT2D eigenvalue weighted by atomic mass is 9.87. The van der Waals surface area contributed by atoms with Crippen LogP contribution in [-0.2, 0) is 6.42 Å². The molecule has 2 aromatic rings. The molecule has 2 amide bonds. The molecular weight excluding hydrogens is 438 g/mol. The van der Waals surface area contributed by atoms with Crippen molar-refractivity contribution in [1.29, 1.82) is 0 Å². The predicted molar refractivity (Wildman–Crippen MR) is 134 cm³/mol. The zero-order valence-electron chi connectivity index (χ0n) is 20.5. The van der Waals surface area contributed by atoms with Crippen LogP contribution in [0.3, 0.4) is 0 Å². The van der Waals surface area contributed by atoms with Gasteiger partial charge in [-0.3, -0.25) is 4.90 Å². The summed E-state index contributed by atoms with van der Waals surface area (Å²) in [4.78, 5) is 17.6. The highest BCUT2D eigenvalue weighted by Crippen LogP contribution is 2.42. The van der Waals surface area contributed by atoms with E-state index in [1.54, 1.807) is 14.2 Å². The van der Waals surface area contributed by atoms with Crippen LogP contribution in [0.4, 0.5) is 4.79 Å². The van der Waals surface area contributed by atoms with E-state index in [-0.39, 0.29) is 12.1 Å². The van der Waals surface area contributed by atoms with E-state index in [1.165, 1.54) is 0 Å². The van der Waals surface area contributed by atoms with Gasteiger partial charge in [0.15, 0.2) is 11.5 Å². The van der Waals surface area contributed by atoms with Crippen LogP contribution in [-0.4, -0.2) is 61.8 Å². The Kier molecular flexibility index (Phi) is 8.49. The Morgan fingerprint density at radius 3 is 2.33 bits per heavy atom. The van der Waals surface area contributed by atoms with Crippen molar-refractivity contribution in [2.45, 2.75) is 52.2 Å². The zero-order chi connectivity index (χ0) is 24.1. The van der Waals surface area contributed by atoms with Crippen molar-refractivity contribution in [3.63, 3.8) is 0 Å². The van der Waals surface area contributed by atoms with E-state index in [2.05, 4.69) is 37.9 Å². The van der Waals surface area contributed by atoms with E-state index in [0.29, 0.717) is 41.7 Å². The number of carbonyl (C=O) groups excluding carboxylic acids is 1. The highest BCUT2D eigenvalue weighted by molar-refractivity contribution is 6.31. The average Bonchev–Trinajstić information content (AvgIpc) is 2.79. The number of ether oxygens (including phenoxy) is 2. The van der Waals surface area contributed by atoms with E-state index in [9.17, 15) is 4.79 Å². The third-order valence-electron chi connectivity index (χ3n) is 6.31. The molecule has 3 rings (SSSR count). The topological polar surface area (TPSA) is 54.0 Å². The van der Waals surface area contributed by atoms with Crippen LogP contribution in [0.15, 0.2) is 36.4 Å². The summed E-state index contributed by atoms with van der Waals surface area (Å²) in [5.74, 6) is 1.33. The van der Waals surface area contributed by atoms with E-state index in [0.717, 1.165) is 29.7 Å². The Hall–Kier alpha value is -2.44. The van der Waals surface area contributed by atoms with Crippen molar-refractivity contribution >= 4 is 17.6 Å². The molecule has 180 valence electrons. The highest BCUT2D eigenvalue weighted by atomic mass is 35.5. The number of rotatable bonds is 8. The maximum Gasteiger partial charge on any atom is 0.318 e. The molecule has 1 N–H and O–H groups in total. The van der Waals surface area contributed by atoms with Gasteiger partial charge in [-0.05, 0) is 69.0 Å². The van der Waals surface area contributed by atoms with Crippen LogP contribution >= 0.6 is 11.6 Å². The van der Waals surface area contributed by atoms with E-state index in [1.807, 2.05) is 41.3 Å². The number of fused-ring (bicyclic) bond motifs is 1. The van der Waals surface area contributed by atoms with Gasteiger partial charge in [0.25, 0.3) is 0 Å². The summed E-state index contributed by atoms with van der Waals surface area (Å²) >= 11 is 6.62. The number of nitrogens with one attached hydrogen (secondary N) is 1. The molecule has 0 spiro atoms. The molecule has 0 radical (unpaired) electrons. The molecule has 0 saturated heterocycles. The summed E-state index contributed by atoms with van der Waals surface area (Å²) in [6.07, 6.45) is 0.730. The van der Waals surface area contributed by atoms with Gasteiger partial charge in [-0.1, -0.05) is 29.8 Å². The quantitative estimate of drug-likeness (QED) is 0.577. The lowest BCUT2D eigenvalue weighted by molar-refractivity contribution is 0.162. The van der Waals surface area contributed by atoms with E-state index < -0.39 is 0 Å². The molecule has 1 aliphatic heterocycles. The van der Waals surface area contributed by atoms with Crippen LogP contribution < -0.4 is 14.8 Å². The zero-order valence-corrected chi connectivity index (χ0v) is 21.3. The van der Waals surface area contributed by atoms with Gasteiger partial charge in [0.05, 0.1) is 20.3 Å². The van der Waals surface area contributed by atoms with Gasteiger partial charge < -0.3 is 19.7 Å². The standard InChI is InChI=1S/C26H36ClN3O3/c1-17(2)29(18(3)4)14-12-28-26(31)30-13-11-19-15-23(32-5)24(33-6)16-21(19)25(30)20-9-7-8-10-22(20)27/h7-10,15-18,25H,11-14H2,1-6H3,(H,28,31). The Labute approximate surface area is 202 Å². The lowest BCUT2D eigenvalue weighted by Gasteiger charge is -2.38. The molecule has 0 bridgehead atoms. The number of urea groups is 1. The third-order valence-corrected chi connectivity index (χ3v) is 6.65. The fourth-order valence-electron chi connectivity index (χ4n) is 4.70. The van der Waals surface area contributed by atoms with Crippen molar-refractivity contribution in [1.82, 2.24) is 15.1 Å². The second-order valence-electron chi connectivity index (χ2n) is 8.93. The Balaban J connectivity index is 1.92. The largest absolute Gasteiger partial charge is 0.493 e. The Morgan fingerprint density at radius 1 is 1.09 bits per heavy atom. The first-order valence-electron chi connectivity index (χ1n) is 11.6. The van der Waals surface area contributed by atoms with Crippen LogP contribution in [0.5, 0.6) is 11.5 Å². The summed E-state index contributed by atoms with van der Waals surface area (Å²) in [6, 6.07) is 12.1. The van der Waals surface area contributed by atoms with Crippen LogP contribution in [0, 0.1) is 0 Å². The lowest BCUT2D eigenvalue weighted by Crippen LogP contribution is -2.49. The molecule has 6 nitrogen and oxygen atoms in total. The number of methoxy groups -OCH3 is 2. The summed E-state index contributed by atoms with van der Waals surface area (Å²) < 4.78 is 11.1. The summed E-state index contributed by atoms with van der Waals surface area (Å²) in [7, 11) is 3.26. The molecule has 2 aromatic carbocycles. The number of hydrogen-bond donors (Lipinski definition) is 1. The van der Waals surface area contributed by atoms with Gasteiger partial charge in [0, 0.05) is 36.7 Å². The highest BCUT2D eigenvalue weighted by Gasteiger charge is 2.34. The summed E-state index contributed by atoms with van der Waals surface area (Å²) in [5.41, 5.74) is 3.04. The van der Waals surface area contributed by atoms with Crippen LogP contribution in [0.2, 0.25) is 5.02 Å². The third kappa shape index (κ3) is 5.56. The van der Waals surface area contributed by atoms with Crippen molar-refractivity contribution in [2.24, 2.45) is 0 Å². The number of benzene rings is 2. The second-order valence-corrected chi connectivity index (χ2v) is 9.34. The number of halogens is 1. The fraction of sp³-hybridized carbons (Fsp3) is 0.500. The fourth-order valence-corrected chi connectivity index (χ4v) is 4.94. The molecule has 0 fully saturated rings. The number of hydrogen-bond acceptors (Lipinski definition) is 4. The number of nitrogens with zero attached hydrogens (tertiary/aromatic N) is 2. The first kappa shape index (κ1) is 25.2. The molecule has 0 aliphatic carbocycles. The predicted octanol–water partition coefficient (Wildman–Crippen LogP) is 5.13. The average molecular weight is 474 g/mol. The van der Waals surface area contributed by atoms with Crippen molar-refractivity contribution in [3.8, 4) is 11.5 Å². The van der Waals surface area contributed by atoms with Crippen molar-refractivity contribution in [3.05, 3.63) is 58.1 Å². The Morgan fingerprint density at radius 2 is 1.73 bits per heavy atom. The number of amides is 2. The van der Waals surface area contributed by atoms with Gasteiger partial charge in [0.1, 0.15) is 0 Å². The summed E-state index contributed by atoms with van der Waals surface area (Å²) in [5, 5.41) is 3.77. The van der Waals surface area contributed by atoms with Crippen molar-refractivity contribution < 1.29 is 14.3 Å². The molecule has 1 unspecified atom stereocenters. The van der Waals surface area contributed by atoms with Gasteiger partial charge in [-0.25, -0.2) is 4.79 Å². The van der Waals surface area contributed by atoms with Gasteiger partial charge in [-0.15, -0.1) is 0 Å². The molecule has 33 heavy (non-hydrogen) atoms. The minimum absolute atomic E-state index is 0.0900. The monoisotopic (exact) mass is 473 g/mol. The van der Waals surface area contributed by atoms with E-state index >= 15 is 0 Å². The minimum atomic E-state index is -0.312. The smallest absolute Gasteiger partial charge is 0.318 e. The molecule has 1 aliphatic rings. The second kappa shape index (κ2) is 11.1. The SMILES string of the molecule is COc1cc2c(cc1OC)C(c1ccccc1Cl)N(C(=O)NCCN(C(C)C)C(C)C)CC2. The molecule has 0 aromatic heterocycles. The maximum absolute atomic E-state index is 13.4. The van der Waals surface area contributed by atoms with Crippen molar-refractivity contribution in [2.75, 3.05) is 33.9 Å². The molecule has 1 heterocycles. The Bertz CT molecular complexity index is 956. The first-order valence-corrected chi connectivity index (χ1v) is 12.0. The van der Waals surface area contributed by atoms with Gasteiger partial charge in [0.2, 0.25) is 0 Å². The molecule has 7 heteroatoms. The molecule has 1 atom stereocenters. The van der Waals surface area contributed by atoms with E-state index in [4.69, 9.17) is 21.1 Å². The van der Waals surface area contributed by atoms with Gasteiger partial charge >= 0.3 is 6.03 Å². The first-order chi connectivity index (χ1) is 15.8. The normalized spacial score (nSPS) is 15.7. The molecular formula is C26H36ClN3O3. The maximum atomic E-state index is 13.4. The van der Waals surface area contributed by atoms with Gasteiger partial charge in [-0.2, -0.15) is 0 Å². The minimum Gasteiger partial charge on any atom is -0.493 e. The molecule has 0 saturated carbocycles.